The molecule has 1 aliphatic carbocycles. The third-order valence-corrected chi connectivity index (χ3v) is 8.76. The Morgan fingerprint density at radius 2 is 2.00 bits per heavy atom. The van der Waals surface area contributed by atoms with Crippen molar-refractivity contribution in [1.82, 2.24) is 15.3 Å². The number of piperidine rings is 1. The average molecular weight is 478 g/mol. The third-order valence-electron chi connectivity index (χ3n) is 8.53. The van der Waals surface area contributed by atoms with Gasteiger partial charge in [-0.2, -0.15) is 0 Å². The SMILES string of the molecule is C=C1Nc2ccc(Cl)cc2C12CCN(CCCc1cnc3c(c1)CN3NC1CC(C)(C)C1)CC2. The van der Waals surface area contributed by atoms with Crippen molar-refractivity contribution < 1.29 is 0 Å². The van der Waals surface area contributed by atoms with Crippen LogP contribution >= 0.6 is 11.6 Å². The minimum Gasteiger partial charge on any atom is -0.358 e. The van der Waals surface area contributed by atoms with Crippen molar-refractivity contribution >= 4 is 23.1 Å². The predicted octanol–water partition coefficient (Wildman–Crippen LogP) is 5.65. The van der Waals surface area contributed by atoms with Crippen LogP contribution in [0.2, 0.25) is 5.02 Å². The summed E-state index contributed by atoms with van der Waals surface area (Å²) in [5, 5.41) is 6.57. The largest absolute Gasteiger partial charge is 0.358 e. The van der Waals surface area contributed by atoms with Crippen molar-refractivity contribution in [3.05, 3.63) is 64.5 Å². The molecule has 0 atom stereocenters. The second-order valence-corrected chi connectivity index (χ2v) is 12.1. The average Bonchev–Trinajstić information content (AvgIpc) is 3.03. The fraction of sp³-hybridized carbons (Fsp3) is 0.536. The molecule has 6 heteroatoms. The third kappa shape index (κ3) is 3.92. The van der Waals surface area contributed by atoms with Crippen LogP contribution in [0.1, 0.15) is 62.6 Å². The zero-order chi connectivity index (χ0) is 23.5. The molecule has 1 spiro atoms. The molecule has 1 aromatic heterocycles. The maximum atomic E-state index is 6.32. The first-order valence-electron chi connectivity index (χ1n) is 12.8. The number of aryl methyl sites for hydroxylation is 1. The predicted molar refractivity (Wildman–Crippen MR) is 140 cm³/mol. The maximum absolute atomic E-state index is 6.32. The summed E-state index contributed by atoms with van der Waals surface area (Å²) in [6.07, 6.45) is 9.06. The lowest BCUT2D eigenvalue weighted by atomic mass is 9.69. The Morgan fingerprint density at radius 1 is 1.21 bits per heavy atom. The van der Waals surface area contributed by atoms with E-state index in [4.69, 9.17) is 16.6 Å². The number of benzene rings is 1. The topological polar surface area (TPSA) is 43.4 Å². The molecule has 0 bridgehead atoms. The van der Waals surface area contributed by atoms with Gasteiger partial charge in [0.15, 0.2) is 0 Å². The number of halogens is 1. The van der Waals surface area contributed by atoms with E-state index >= 15 is 0 Å². The van der Waals surface area contributed by atoms with Gasteiger partial charge in [-0.25, -0.2) is 10.4 Å². The quantitative estimate of drug-likeness (QED) is 0.562. The molecule has 2 N–H and O–H groups in total. The van der Waals surface area contributed by atoms with Crippen LogP contribution in [0.15, 0.2) is 42.7 Å². The number of hydrazine groups is 1. The molecule has 180 valence electrons. The lowest BCUT2D eigenvalue weighted by Crippen LogP contribution is -2.56. The van der Waals surface area contributed by atoms with Gasteiger partial charge in [-0.3, -0.25) is 5.01 Å². The molecule has 6 rings (SSSR count). The van der Waals surface area contributed by atoms with E-state index < -0.39 is 0 Å². The lowest BCUT2D eigenvalue weighted by Gasteiger charge is -2.47. The zero-order valence-corrected chi connectivity index (χ0v) is 21.2. The molecule has 2 aromatic rings. The Bertz CT molecular complexity index is 1110. The van der Waals surface area contributed by atoms with Crippen molar-refractivity contribution in [2.75, 3.05) is 30.0 Å². The minimum absolute atomic E-state index is 0.0392. The molecule has 5 nitrogen and oxygen atoms in total. The van der Waals surface area contributed by atoms with E-state index in [2.05, 4.69) is 65.5 Å². The summed E-state index contributed by atoms with van der Waals surface area (Å²) in [4.78, 5) is 7.38. The number of nitrogens with zero attached hydrogens (tertiary/aromatic N) is 3. The van der Waals surface area contributed by atoms with Gasteiger partial charge in [0.1, 0.15) is 5.82 Å². The normalized spacial score (nSPS) is 22.7. The first-order valence-corrected chi connectivity index (χ1v) is 13.2. The van der Waals surface area contributed by atoms with Gasteiger partial charge in [0.2, 0.25) is 0 Å². The highest BCUT2D eigenvalue weighted by Gasteiger charge is 2.44. The number of hydrogen-bond acceptors (Lipinski definition) is 5. The monoisotopic (exact) mass is 477 g/mol. The number of hydrogen-bond donors (Lipinski definition) is 2. The number of anilines is 2. The number of nitrogens with one attached hydrogen (secondary N) is 2. The number of likely N-dealkylation sites (tertiary alicyclic amines) is 1. The fourth-order valence-corrected chi connectivity index (χ4v) is 6.77. The molecule has 0 unspecified atom stereocenters. The number of rotatable bonds is 6. The van der Waals surface area contributed by atoms with E-state index in [0.29, 0.717) is 11.5 Å². The Labute approximate surface area is 208 Å². The summed E-state index contributed by atoms with van der Waals surface area (Å²) in [6, 6.07) is 9.17. The highest BCUT2D eigenvalue weighted by Crippen LogP contribution is 2.50. The van der Waals surface area contributed by atoms with Gasteiger partial charge in [0.25, 0.3) is 0 Å². The first kappa shape index (κ1) is 22.4. The van der Waals surface area contributed by atoms with E-state index in [1.165, 1.54) is 41.6 Å². The van der Waals surface area contributed by atoms with Gasteiger partial charge >= 0.3 is 0 Å². The van der Waals surface area contributed by atoms with E-state index in [1.54, 1.807) is 0 Å². The van der Waals surface area contributed by atoms with Crippen LogP contribution in [-0.2, 0) is 18.4 Å². The molecule has 34 heavy (non-hydrogen) atoms. The van der Waals surface area contributed by atoms with Crippen molar-refractivity contribution in [3.8, 4) is 0 Å². The maximum Gasteiger partial charge on any atom is 0.148 e. The standard InChI is InChI=1S/C28H36ClN5/c1-19-28(24-14-22(29)6-7-25(24)31-19)8-11-33(12-9-28)10-4-5-20-13-21-18-34(26(21)30-17-20)32-23-15-27(2,3)16-23/h6-7,13-14,17,23,31-32H,1,4-5,8-12,15-16,18H2,2-3H3. The second kappa shape index (κ2) is 8.25. The second-order valence-electron chi connectivity index (χ2n) is 11.6. The van der Waals surface area contributed by atoms with Crippen LogP contribution in [0.3, 0.4) is 0 Å². The number of fused-ring (bicyclic) bond motifs is 3. The summed E-state index contributed by atoms with van der Waals surface area (Å²) in [7, 11) is 0. The van der Waals surface area contributed by atoms with E-state index in [1.807, 2.05) is 6.07 Å². The van der Waals surface area contributed by atoms with Crippen LogP contribution in [0, 0.1) is 5.41 Å². The molecule has 0 amide bonds. The summed E-state index contributed by atoms with van der Waals surface area (Å²) in [5.74, 6) is 1.13. The van der Waals surface area contributed by atoms with E-state index in [0.717, 1.165) is 62.0 Å². The Hall–Kier alpha value is -2.08. The summed E-state index contributed by atoms with van der Waals surface area (Å²) >= 11 is 6.32. The van der Waals surface area contributed by atoms with Crippen molar-refractivity contribution in [3.63, 3.8) is 0 Å². The van der Waals surface area contributed by atoms with Crippen molar-refractivity contribution in [2.24, 2.45) is 5.41 Å². The van der Waals surface area contributed by atoms with Crippen LogP contribution in [-0.4, -0.2) is 35.6 Å². The van der Waals surface area contributed by atoms with Gasteiger partial charge in [-0.15, -0.1) is 0 Å². The summed E-state index contributed by atoms with van der Waals surface area (Å²) in [5.41, 5.74) is 10.6. The molecule has 0 radical (unpaired) electrons. The van der Waals surface area contributed by atoms with Crippen LogP contribution in [0.25, 0.3) is 0 Å². The van der Waals surface area contributed by atoms with Gasteiger partial charge in [0, 0.05) is 39.6 Å². The molecular weight excluding hydrogens is 442 g/mol. The minimum atomic E-state index is 0.0392. The lowest BCUT2D eigenvalue weighted by molar-refractivity contribution is 0.121. The number of pyridine rings is 1. The van der Waals surface area contributed by atoms with Gasteiger partial charge in [-0.1, -0.05) is 32.0 Å². The van der Waals surface area contributed by atoms with Crippen LogP contribution in [0.5, 0.6) is 0 Å². The smallest absolute Gasteiger partial charge is 0.148 e. The summed E-state index contributed by atoms with van der Waals surface area (Å²) < 4.78 is 0. The highest BCUT2D eigenvalue weighted by molar-refractivity contribution is 6.30. The molecular formula is C28H36ClN5. The van der Waals surface area contributed by atoms with E-state index in [-0.39, 0.29) is 5.41 Å². The van der Waals surface area contributed by atoms with E-state index in [9.17, 15) is 0 Å². The molecule has 3 aliphatic heterocycles. The van der Waals surface area contributed by atoms with Crippen LogP contribution in [0.4, 0.5) is 11.5 Å². The number of allylic oxidation sites excluding steroid dienone is 1. The number of aromatic nitrogens is 1. The van der Waals surface area contributed by atoms with Crippen molar-refractivity contribution in [2.45, 2.75) is 70.4 Å². The first-order chi connectivity index (χ1) is 16.3. The molecule has 4 aliphatic rings. The summed E-state index contributed by atoms with van der Waals surface area (Å²) in [6.45, 7) is 13.4. The van der Waals surface area contributed by atoms with Gasteiger partial charge in [-0.05, 0) is 99.0 Å². The molecule has 1 saturated heterocycles. The van der Waals surface area contributed by atoms with Gasteiger partial charge < -0.3 is 10.2 Å². The fourth-order valence-electron chi connectivity index (χ4n) is 6.60. The van der Waals surface area contributed by atoms with Crippen LogP contribution < -0.4 is 15.8 Å². The Morgan fingerprint density at radius 3 is 2.74 bits per heavy atom. The molecule has 2 fully saturated rings. The highest BCUT2D eigenvalue weighted by atomic mass is 35.5. The van der Waals surface area contributed by atoms with Gasteiger partial charge in [0.05, 0.1) is 6.54 Å². The molecule has 1 aromatic carbocycles. The molecule has 4 heterocycles. The van der Waals surface area contributed by atoms with Crippen molar-refractivity contribution in [1.29, 1.82) is 0 Å². The molecule has 1 saturated carbocycles. The Balaban J connectivity index is 0.982. The Kier molecular flexibility index (Phi) is 5.43. The zero-order valence-electron chi connectivity index (χ0n) is 20.5.